The van der Waals surface area contributed by atoms with E-state index in [1.54, 1.807) is 42.1 Å². The van der Waals surface area contributed by atoms with Crippen LogP contribution in [-0.2, 0) is 12.4 Å². The highest BCUT2D eigenvalue weighted by molar-refractivity contribution is 7.97. The van der Waals surface area contributed by atoms with Gasteiger partial charge < -0.3 is 24.1 Å². The molecule has 0 unspecified atom stereocenters. The minimum Gasteiger partial charge on any atom is -0.493 e. The molecule has 0 aliphatic carbocycles. The number of rotatable bonds is 8. The van der Waals surface area contributed by atoms with E-state index in [0.717, 1.165) is 5.56 Å². The van der Waals surface area contributed by atoms with E-state index in [0.29, 0.717) is 39.9 Å². The van der Waals surface area contributed by atoms with Crippen LogP contribution in [0.2, 0.25) is 0 Å². The number of thioether (sulfide) groups is 1. The first kappa shape index (κ1) is 19.9. The molecule has 0 aliphatic heterocycles. The Hall–Kier alpha value is -2.38. The first-order valence-electron chi connectivity index (χ1n) is 7.81. The zero-order chi connectivity index (χ0) is 19.1. The predicted octanol–water partition coefficient (Wildman–Crippen LogP) is 3.29. The van der Waals surface area contributed by atoms with Crippen molar-refractivity contribution in [1.29, 1.82) is 0 Å². The lowest BCUT2D eigenvalue weighted by Crippen LogP contribution is -2.11. The number of hydrogen-bond donors (Lipinski definition) is 1. The van der Waals surface area contributed by atoms with Gasteiger partial charge in [-0.25, -0.2) is 4.79 Å². The van der Waals surface area contributed by atoms with Crippen molar-refractivity contribution < 1.29 is 28.8 Å². The van der Waals surface area contributed by atoms with Crippen molar-refractivity contribution in [1.82, 2.24) is 0 Å². The lowest BCUT2D eigenvalue weighted by molar-refractivity contribution is 0.0727. The highest BCUT2D eigenvalue weighted by Gasteiger charge is 2.19. The molecule has 26 heavy (non-hydrogen) atoms. The van der Waals surface area contributed by atoms with Gasteiger partial charge in [-0.3, -0.25) is 0 Å². The Morgan fingerprint density at radius 3 is 2.27 bits per heavy atom. The van der Waals surface area contributed by atoms with Crippen LogP contribution in [0.25, 0.3) is 0 Å². The van der Waals surface area contributed by atoms with E-state index in [1.807, 2.05) is 6.26 Å². The maximum atomic E-state index is 12.6. The molecule has 7 heteroatoms. The van der Waals surface area contributed by atoms with Crippen LogP contribution in [0.3, 0.4) is 0 Å². The molecule has 0 aliphatic rings. The quantitative estimate of drug-likeness (QED) is 0.558. The standard InChI is InChI=1S/C19H22O6S/c1-22-15-6-5-13(9-16(15)23-2)19(21)25-18-14(11-26-4)7-12(10-20)8-17(18)24-3/h5-9,20H,10-11H2,1-4H3. The lowest BCUT2D eigenvalue weighted by atomic mass is 10.1. The van der Waals surface area contributed by atoms with Gasteiger partial charge in [-0.15, -0.1) is 0 Å². The van der Waals surface area contributed by atoms with E-state index in [4.69, 9.17) is 18.9 Å². The summed E-state index contributed by atoms with van der Waals surface area (Å²) in [4.78, 5) is 12.6. The summed E-state index contributed by atoms with van der Waals surface area (Å²) >= 11 is 1.58. The first-order valence-corrected chi connectivity index (χ1v) is 9.21. The van der Waals surface area contributed by atoms with Crippen molar-refractivity contribution in [3.8, 4) is 23.0 Å². The number of esters is 1. The van der Waals surface area contributed by atoms with Crippen LogP contribution in [0.15, 0.2) is 30.3 Å². The summed E-state index contributed by atoms with van der Waals surface area (Å²) in [7, 11) is 4.52. The van der Waals surface area contributed by atoms with E-state index < -0.39 is 5.97 Å². The third-order valence-electron chi connectivity index (χ3n) is 3.71. The maximum Gasteiger partial charge on any atom is 0.343 e. The van der Waals surface area contributed by atoms with Gasteiger partial charge in [-0.05, 0) is 42.2 Å². The molecule has 0 radical (unpaired) electrons. The summed E-state index contributed by atoms with van der Waals surface area (Å²) in [6.45, 7) is -0.123. The molecule has 140 valence electrons. The van der Waals surface area contributed by atoms with Crippen LogP contribution in [0.1, 0.15) is 21.5 Å². The number of ether oxygens (including phenoxy) is 4. The van der Waals surface area contributed by atoms with Crippen molar-refractivity contribution in [3.63, 3.8) is 0 Å². The van der Waals surface area contributed by atoms with Gasteiger partial charge in [0.05, 0.1) is 33.5 Å². The van der Waals surface area contributed by atoms with Gasteiger partial charge in [0.15, 0.2) is 23.0 Å². The van der Waals surface area contributed by atoms with E-state index >= 15 is 0 Å². The molecule has 2 aromatic carbocycles. The number of carbonyl (C=O) groups excluding carboxylic acids is 1. The Kier molecular flexibility index (Phi) is 7.17. The summed E-state index contributed by atoms with van der Waals surface area (Å²) in [5.74, 6) is 1.78. The monoisotopic (exact) mass is 378 g/mol. The maximum absolute atomic E-state index is 12.6. The summed E-state index contributed by atoms with van der Waals surface area (Å²) < 4.78 is 21.4. The summed E-state index contributed by atoms with van der Waals surface area (Å²) in [6.07, 6.45) is 1.94. The largest absolute Gasteiger partial charge is 0.493 e. The zero-order valence-electron chi connectivity index (χ0n) is 15.2. The highest BCUT2D eigenvalue weighted by atomic mass is 32.2. The minimum atomic E-state index is -0.539. The molecule has 0 saturated heterocycles. The Morgan fingerprint density at radius 2 is 1.69 bits per heavy atom. The fraction of sp³-hybridized carbons (Fsp3) is 0.316. The molecule has 2 rings (SSSR count). The smallest absolute Gasteiger partial charge is 0.343 e. The number of aliphatic hydroxyl groups is 1. The van der Waals surface area contributed by atoms with Crippen LogP contribution in [0.4, 0.5) is 0 Å². The Morgan fingerprint density at radius 1 is 1.00 bits per heavy atom. The Balaban J connectivity index is 2.39. The summed E-state index contributed by atoms with van der Waals surface area (Å²) in [6, 6.07) is 8.26. The number of hydrogen-bond acceptors (Lipinski definition) is 7. The molecule has 0 saturated carbocycles. The molecular formula is C19H22O6S. The molecule has 6 nitrogen and oxygen atoms in total. The van der Waals surface area contributed by atoms with Gasteiger partial charge in [0.2, 0.25) is 0 Å². The molecule has 0 amide bonds. The van der Waals surface area contributed by atoms with Crippen molar-refractivity contribution >= 4 is 17.7 Å². The number of aliphatic hydroxyl groups excluding tert-OH is 1. The lowest BCUT2D eigenvalue weighted by Gasteiger charge is -2.16. The van der Waals surface area contributed by atoms with Crippen molar-refractivity contribution in [2.24, 2.45) is 0 Å². The number of benzene rings is 2. The van der Waals surface area contributed by atoms with Gasteiger partial charge in [0, 0.05) is 11.3 Å². The van der Waals surface area contributed by atoms with E-state index in [2.05, 4.69) is 0 Å². The average Bonchev–Trinajstić information content (AvgIpc) is 2.68. The van der Waals surface area contributed by atoms with Gasteiger partial charge >= 0.3 is 5.97 Å². The summed E-state index contributed by atoms with van der Waals surface area (Å²) in [5.41, 5.74) is 1.79. The third-order valence-corrected chi connectivity index (χ3v) is 4.31. The van der Waals surface area contributed by atoms with Crippen LogP contribution >= 0.6 is 11.8 Å². The van der Waals surface area contributed by atoms with E-state index in [-0.39, 0.29) is 6.61 Å². The summed E-state index contributed by atoms with van der Waals surface area (Å²) in [5, 5.41) is 9.41. The fourth-order valence-corrected chi connectivity index (χ4v) is 2.98. The number of carbonyl (C=O) groups is 1. The van der Waals surface area contributed by atoms with Gasteiger partial charge in [0.25, 0.3) is 0 Å². The molecule has 0 atom stereocenters. The van der Waals surface area contributed by atoms with Crippen LogP contribution in [0.5, 0.6) is 23.0 Å². The SMILES string of the molecule is COc1ccc(C(=O)Oc2c(CSC)cc(CO)cc2OC)cc1OC. The number of methoxy groups -OCH3 is 3. The molecule has 0 bridgehead atoms. The van der Waals surface area contributed by atoms with Gasteiger partial charge in [-0.1, -0.05) is 0 Å². The normalized spacial score (nSPS) is 10.3. The second kappa shape index (κ2) is 9.35. The van der Waals surface area contributed by atoms with Crippen molar-refractivity contribution in [2.45, 2.75) is 12.4 Å². The minimum absolute atomic E-state index is 0.123. The molecule has 0 fully saturated rings. The highest BCUT2D eigenvalue weighted by Crippen LogP contribution is 2.36. The van der Waals surface area contributed by atoms with E-state index in [1.165, 1.54) is 21.3 Å². The molecule has 2 aromatic rings. The third kappa shape index (κ3) is 4.42. The van der Waals surface area contributed by atoms with Crippen molar-refractivity contribution in [2.75, 3.05) is 27.6 Å². The zero-order valence-corrected chi connectivity index (χ0v) is 16.0. The Labute approximate surface area is 157 Å². The average molecular weight is 378 g/mol. The second-order valence-electron chi connectivity index (χ2n) is 5.34. The van der Waals surface area contributed by atoms with Gasteiger partial charge in [-0.2, -0.15) is 11.8 Å². The van der Waals surface area contributed by atoms with Gasteiger partial charge in [0.1, 0.15) is 0 Å². The topological polar surface area (TPSA) is 74.2 Å². The van der Waals surface area contributed by atoms with Crippen LogP contribution in [-0.4, -0.2) is 38.7 Å². The van der Waals surface area contributed by atoms with Crippen LogP contribution < -0.4 is 18.9 Å². The fourth-order valence-electron chi connectivity index (χ4n) is 2.46. The van der Waals surface area contributed by atoms with Crippen LogP contribution in [0, 0.1) is 0 Å². The molecule has 0 heterocycles. The molecular weight excluding hydrogens is 356 g/mol. The first-order chi connectivity index (χ1) is 12.6. The predicted molar refractivity (Wildman–Crippen MR) is 101 cm³/mol. The van der Waals surface area contributed by atoms with E-state index in [9.17, 15) is 9.90 Å². The molecule has 1 N–H and O–H groups in total. The Bertz CT molecular complexity index is 775. The molecule has 0 aromatic heterocycles. The van der Waals surface area contributed by atoms with Crippen molar-refractivity contribution in [3.05, 3.63) is 47.0 Å². The molecule has 0 spiro atoms. The second-order valence-corrected chi connectivity index (χ2v) is 6.20.